The van der Waals surface area contributed by atoms with E-state index in [2.05, 4.69) is 5.32 Å². The van der Waals surface area contributed by atoms with E-state index in [1.807, 2.05) is 48.5 Å². The molecule has 2 aromatic rings. The second-order valence-corrected chi connectivity index (χ2v) is 10.2. The predicted molar refractivity (Wildman–Crippen MR) is 111 cm³/mol. The van der Waals surface area contributed by atoms with Crippen LogP contribution >= 0.6 is 0 Å². The number of aliphatic carboxylic acids is 1. The SMILES string of the molecule is O=C(O)CC1(NC(=O)OCC2c3ccccc3-c3ccccc32)CCCS(=O)(=O)C1. The summed E-state index contributed by atoms with van der Waals surface area (Å²) >= 11 is 0. The molecular formula is C22H23NO6S. The van der Waals surface area contributed by atoms with Gasteiger partial charge in [0.2, 0.25) is 0 Å². The Morgan fingerprint density at radius 3 is 2.23 bits per heavy atom. The van der Waals surface area contributed by atoms with Crippen LogP contribution in [-0.4, -0.2) is 49.2 Å². The van der Waals surface area contributed by atoms with Crippen LogP contribution in [-0.2, 0) is 19.4 Å². The Bertz CT molecular complexity index is 1050. The first-order valence-corrected chi connectivity index (χ1v) is 11.7. The number of carboxylic acids is 1. The predicted octanol–water partition coefficient (Wildman–Crippen LogP) is 2.95. The molecule has 2 aromatic carbocycles. The first-order valence-electron chi connectivity index (χ1n) is 9.84. The zero-order valence-electron chi connectivity index (χ0n) is 16.3. The first kappa shape index (κ1) is 20.4. The van der Waals surface area contributed by atoms with Gasteiger partial charge in [-0.25, -0.2) is 13.2 Å². The number of nitrogens with one attached hydrogen (secondary N) is 1. The number of rotatable bonds is 5. The van der Waals surface area contributed by atoms with Gasteiger partial charge in [0.15, 0.2) is 9.84 Å². The monoisotopic (exact) mass is 429 g/mol. The molecule has 2 N–H and O–H groups in total. The Balaban J connectivity index is 1.50. The number of amides is 1. The van der Waals surface area contributed by atoms with Gasteiger partial charge in [-0.2, -0.15) is 0 Å². The van der Waals surface area contributed by atoms with Gasteiger partial charge in [0, 0.05) is 5.92 Å². The molecule has 0 spiro atoms. The molecule has 158 valence electrons. The molecular weight excluding hydrogens is 406 g/mol. The van der Waals surface area contributed by atoms with Crippen LogP contribution in [0.25, 0.3) is 11.1 Å². The first-order chi connectivity index (χ1) is 14.3. The van der Waals surface area contributed by atoms with Crippen LogP contribution in [0.2, 0.25) is 0 Å². The fraction of sp³-hybridized carbons (Fsp3) is 0.364. The second-order valence-electron chi connectivity index (χ2n) is 8.00. The minimum Gasteiger partial charge on any atom is -0.481 e. The van der Waals surface area contributed by atoms with E-state index in [0.717, 1.165) is 22.3 Å². The highest BCUT2D eigenvalue weighted by Crippen LogP contribution is 2.44. The van der Waals surface area contributed by atoms with Crippen LogP contribution in [0, 0.1) is 0 Å². The summed E-state index contributed by atoms with van der Waals surface area (Å²) in [6.45, 7) is 0.0791. The fourth-order valence-electron chi connectivity index (χ4n) is 4.62. The molecule has 4 rings (SSSR count). The third-order valence-corrected chi connectivity index (χ3v) is 7.71. The highest BCUT2D eigenvalue weighted by atomic mass is 32.2. The van der Waals surface area contributed by atoms with E-state index >= 15 is 0 Å². The Morgan fingerprint density at radius 2 is 1.67 bits per heavy atom. The summed E-state index contributed by atoms with van der Waals surface area (Å²) in [5.74, 6) is -1.68. The normalized spacial score (nSPS) is 22.0. The van der Waals surface area contributed by atoms with Crippen molar-refractivity contribution in [3.8, 4) is 11.1 Å². The summed E-state index contributed by atoms with van der Waals surface area (Å²) in [6, 6.07) is 15.9. The van der Waals surface area contributed by atoms with Crippen LogP contribution < -0.4 is 5.32 Å². The van der Waals surface area contributed by atoms with Crippen molar-refractivity contribution >= 4 is 21.9 Å². The van der Waals surface area contributed by atoms with Crippen LogP contribution in [0.4, 0.5) is 4.79 Å². The molecule has 7 nitrogen and oxygen atoms in total. The lowest BCUT2D eigenvalue weighted by Gasteiger charge is -2.36. The fourth-order valence-corrected chi connectivity index (χ4v) is 6.51. The minimum absolute atomic E-state index is 0.000733. The lowest BCUT2D eigenvalue weighted by atomic mass is 9.91. The lowest BCUT2D eigenvalue weighted by Crippen LogP contribution is -2.57. The quantitative estimate of drug-likeness (QED) is 0.756. The Kier molecular flexibility index (Phi) is 5.27. The van der Waals surface area contributed by atoms with Crippen molar-refractivity contribution < 1.29 is 27.9 Å². The highest BCUT2D eigenvalue weighted by molar-refractivity contribution is 7.91. The number of carbonyl (C=O) groups excluding carboxylic acids is 1. The van der Waals surface area contributed by atoms with Gasteiger partial charge in [-0.05, 0) is 35.1 Å². The van der Waals surface area contributed by atoms with Crippen molar-refractivity contribution in [3.63, 3.8) is 0 Å². The molecule has 1 aliphatic heterocycles. The molecule has 0 bridgehead atoms. The topological polar surface area (TPSA) is 110 Å². The van der Waals surface area contributed by atoms with Crippen LogP contribution in [0.3, 0.4) is 0 Å². The Morgan fingerprint density at radius 1 is 1.07 bits per heavy atom. The molecule has 1 fully saturated rings. The van der Waals surface area contributed by atoms with Crippen LogP contribution in [0.15, 0.2) is 48.5 Å². The standard InChI is InChI=1S/C22H23NO6S/c24-20(25)12-22(10-5-11-30(27,28)14-22)23-21(26)29-13-19-17-8-3-1-6-15(17)16-7-2-4-9-18(16)19/h1-4,6-9,19H,5,10-14H2,(H,23,26)(H,24,25). The third kappa shape index (κ3) is 4.05. The van der Waals surface area contributed by atoms with E-state index in [1.54, 1.807) is 0 Å². The summed E-state index contributed by atoms with van der Waals surface area (Å²) in [7, 11) is -3.43. The van der Waals surface area contributed by atoms with E-state index in [4.69, 9.17) is 4.74 Å². The maximum absolute atomic E-state index is 12.6. The summed E-state index contributed by atoms with van der Waals surface area (Å²) in [4.78, 5) is 23.9. The van der Waals surface area contributed by atoms with E-state index in [0.29, 0.717) is 6.42 Å². The van der Waals surface area contributed by atoms with Crippen LogP contribution in [0.1, 0.15) is 36.3 Å². The molecule has 0 radical (unpaired) electrons. The van der Waals surface area contributed by atoms with Gasteiger partial charge in [0.05, 0.1) is 23.5 Å². The molecule has 1 aliphatic carbocycles. The van der Waals surface area contributed by atoms with Crippen LogP contribution in [0.5, 0.6) is 0 Å². The smallest absolute Gasteiger partial charge is 0.407 e. The number of benzene rings is 2. The zero-order valence-corrected chi connectivity index (χ0v) is 17.2. The number of fused-ring (bicyclic) bond motifs is 3. The number of carbonyl (C=O) groups is 2. The van der Waals surface area contributed by atoms with Crippen molar-refractivity contribution in [1.29, 1.82) is 0 Å². The van der Waals surface area contributed by atoms with Crippen molar-refractivity contribution in [2.45, 2.75) is 30.7 Å². The van der Waals surface area contributed by atoms with Gasteiger partial charge in [0.1, 0.15) is 6.61 Å². The van der Waals surface area contributed by atoms with Crippen molar-refractivity contribution in [1.82, 2.24) is 5.32 Å². The van der Waals surface area contributed by atoms with Gasteiger partial charge >= 0.3 is 12.1 Å². The highest BCUT2D eigenvalue weighted by Gasteiger charge is 2.42. The Labute approximate surface area is 175 Å². The van der Waals surface area contributed by atoms with E-state index in [9.17, 15) is 23.1 Å². The molecule has 0 saturated carbocycles. The summed E-state index contributed by atoms with van der Waals surface area (Å²) < 4.78 is 29.7. The van der Waals surface area contributed by atoms with E-state index < -0.39 is 39.6 Å². The number of carboxylic acid groups (broad SMARTS) is 1. The maximum Gasteiger partial charge on any atom is 0.407 e. The second kappa shape index (κ2) is 7.75. The largest absolute Gasteiger partial charge is 0.481 e. The number of ether oxygens (including phenoxy) is 1. The molecule has 30 heavy (non-hydrogen) atoms. The number of sulfone groups is 1. The summed E-state index contributed by atoms with van der Waals surface area (Å²) in [6.07, 6.45) is -0.673. The van der Waals surface area contributed by atoms with Crippen molar-refractivity contribution in [2.75, 3.05) is 18.1 Å². The number of hydrogen-bond donors (Lipinski definition) is 2. The molecule has 0 aromatic heterocycles. The Hall–Kier alpha value is -2.87. The molecule has 1 amide bonds. The van der Waals surface area contributed by atoms with E-state index in [-0.39, 0.29) is 24.7 Å². The molecule has 8 heteroatoms. The molecule has 1 saturated heterocycles. The summed E-state index contributed by atoms with van der Waals surface area (Å²) in [5.41, 5.74) is 2.98. The van der Waals surface area contributed by atoms with Gasteiger partial charge in [0.25, 0.3) is 0 Å². The third-order valence-electron chi connectivity index (χ3n) is 5.81. The number of alkyl carbamates (subject to hydrolysis) is 1. The van der Waals surface area contributed by atoms with Gasteiger partial charge in [-0.3, -0.25) is 4.79 Å². The molecule has 1 atom stereocenters. The summed E-state index contributed by atoms with van der Waals surface area (Å²) in [5, 5.41) is 11.8. The molecule has 2 aliphatic rings. The molecule has 1 heterocycles. The van der Waals surface area contributed by atoms with Crippen molar-refractivity contribution in [3.05, 3.63) is 59.7 Å². The lowest BCUT2D eigenvalue weighted by molar-refractivity contribution is -0.138. The minimum atomic E-state index is -3.43. The number of hydrogen-bond acceptors (Lipinski definition) is 5. The van der Waals surface area contributed by atoms with Gasteiger partial charge < -0.3 is 15.2 Å². The van der Waals surface area contributed by atoms with Gasteiger partial charge in [-0.1, -0.05) is 48.5 Å². The van der Waals surface area contributed by atoms with Gasteiger partial charge in [-0.15, -0.1) is 0 Å². The zero-order chi connectivity index (χ0) is 21.4. The molecule has 1 unspecified atom stereocenters. The maximum atomic E-state index is 12.6. The average Bonchev–Trinajstić information content (AvgIpc) is 2.99. The van der Waals surface area contributed by atoms with Crippen molar-refractivity contribution in [2.24, 2.45) is 0 Å². The van der Waals surface area contributed by atoms with E-state index in [1.165, 1.54) is 0 Å². The average molecular weight is 429 g/mol.